The van der Waals surface area contributed by atoms with Gasteiger partial charge in [-0.15, -0.1) is 0 Å². The first-order valence-electron chi connectivity index (χ1n) is 8.71. The SMILES string of the molecule is COc1ccc(C2CCCN2C(=O)NCCc2cc(Br)ccc2F)cc1. The molecule has 2 amide bonds. The van der Waals surface area contributed by atoms with Gasteiger partial charge in [-0.3, -0.25) is 0 Å². The lowest BCUT2D eigenvalue weighted by molar-refractivity contribution is 0.193. The summed E-state index contributed by atoms with van der Waals surface area (Å²) in [6, 6.07) is 12.7. The Labute approximate surface area is 161 Å². The molecule has 1 aliphatic rings. The Morgan fingerprint density at radius 2 is 2.08 bits per heavy atom. The Balaban J connectivity index is 1.58. The molecule has 3 rings (SSSR count). The Bertz CT molecular complexity index is 767. The highest BCUT2D eigenvalue weighted by atomic mass is 79.9. The monoisotopic (exact) mass is 420 g/mol. The van der Waals surface area contributed by atoms with Crippen molar-refractivity contribution in [2.45, 2.75) is 25.3 Å². The molecule has 1 unspecified atom stereocenters. The molecular formula is C20H22BrFN2O2. The lowest BCUT2D eigenvalue weighted by Crippen LogP contribution is -2.40. The van der Waals surface area contributed by atoms with Crippen LogP contribution in [-0.4, -0.2) is 31.1 Å². The summed E-state index contributed by atoms with van der Waals surface area (Å²) in [5, 5.41) is 2.92. The lowest BCUT2D eigenvalue weighted by Gasteiger charge is -2.25. The Hall–Kier alpha value is -2.08. The van der Waals surface area contributed by atoms with Crippen molar-refractivity contribution in [3.63, 3.8) is 0 Å². The fourth-order valence-corrected chi connectivity index (χ4v) is 3.73. The van der Waals surface area contributed by atoms with Crippen molar-refractivity contribution in [2.24, 2.45) is 0 Å². The van der Waals surface area contributed by atoms with Gasteiger partial charge in [0.05, 0.1) is 13.2 Å². The number of halogens is 2. The van der Waals surface area contributed by atoms with Crippen molar-refractivity contribution in [1.29, 1.82) is 0 Å². The Kier molecular flexibility index (Phi) is 6.14. The third-order valence-electron chi connectivity index (χ3n) is 4.69. The lowest BCUT2D eigenvalue weighted by atomic mass is 10.0. The maximum atomic E-state index is 13.8. The Morgan fingerprint density at radius 1 is 1.31 bits per heavy atom. The van der Waals surface area contributed by atoms with E-state index in [1.54, 1.807) is 19.2 Å². The molecule has 2 aromatic carbocycles. The Morgan fingerprint density at radius 3 is 2.81 bits per heavy atom. The summed E-state index contributed by atoms with van der Waals surface area (Å²) in [6.45, 7) is 1.13. The van der Waals surface area contributed by atoms with Crippen LogP contribution in [0.15, 0.2) is 46.9 Å². The molecule has 1 atom stereocenters. The van der Waals surface area contributed by atoms with Crippen LogP contribution in [0, 0.1) is 5.82 Å². The van der Waals surface area contributed by atoms with Crippen LogP contribution in [0.5, 0.6) is 5.75 Å². The number of likely N-dealkylation sites (tertiary alicyclic amines) is 1. The summed E-state index contributed by atoms with van der Waals surface area (Å²) in [6.07, 6.45) is 2.38. The van der Waals surface area contributed by atoms with Crippen molar-refractivity contribution in [3.8, 4) is 5.75 Å². The summed E-state index contributed by atoms with van der Waals surface area (Å²) in [4.78, 5) is 14.4. The topological polar surface area (TPSA) is 41.6 Å². The molecule has 0 bridgehead atoms. The van der Waals surface area contributed by atoms with E-state index in [0.717, 1.165) is 35.2 Å². The highest BCUT2D eigenvalue weighted by Crippen LogP contribution is 2.32. The number of nitrogens with zero attached hydrogens (tertiary/aromatic N) is 1. The highest BCUT2D eigenvalue weighted by molar-refractivity contribution is 9.10. The van der Waals surface area contributed by atoms with Gasteiger partial charge in [0.15, 0.2) is 0 Å². The zero-order chi connectivity index (χ0) is 18.5. The van der Waals surface area contributed by atoms with Gasteiger partial charge in [0.2, 0.25) is 0 Å². The quantitative estimate of drug-likeness (QED) is 0.762. The zero-order valence-corrected chi connectivity index (χ0v) is 16.3. The van der Waals surface area contributed by atoms with Crippen LogP contribution in [-0.2, 0) is 6.42 Å². The second-order valence-corrected chi connectivity index (χ2v) is 7.26. The van der Waals surface area contributed by atoms with E-state index in [-0.39, 0.29) is 17.9 Å². The van der Waals surface area contributed by atoms with Crippen LogP contribution in [0.2, 0.25) is 0 Å². The molecule has 2 aromatic rings. The van der Waals surface area contributed by atoms with E-state index in [2.05, 4.69) is 21.2 Å². The van der Waals surface area contributed by atoms with Crippen LogP contribution in [0.3, 0.4) is 0 Å². The van der Waals surface area contributed by atoms with Gasteiger partial charge in [-0.25, -0.2) is 9.18 Å². The van der Waals surface area contributed by atoms with Crippen LogP contribution in [0.1, 0.15) is 30.0 Å². The third-order valence-corrected chi connectivity index (χ3v) is 5.19. The number of ether oxygens (including phenoxy) is 1. The van der Waals surface area contributed by atoms with E-state index in [1.165, 1.54) is 6.07 Å². The highest BCUT2D eigenvalue weighted by Gasteiger charge is 2.29. The van der Waals surface area contributed by atoms with Crippen molar-refractivity contribution in [1.82, 2.24) is 10.2 Å². The second kappa shape index (κ2) is 8.54. The van der Waals surface area contributed by atoms with E-state index in [0.29, 0.717) is 18.5 Å². The number of rotatable bonds is 5. The van der Waals surface area contributed by atoms with Crippen LogP contribution >= 0.6 is 15.9 Å². The van der Waals surface area contributed by atoms with Crippen molar-refractivity contribution >= 4 is 22.0 Å². The number of amides is 2. The molecule has 0 aromatic heterocycles. The maximum absolute atomic E-state index is 13.8. The van der Waals surface area contributed by atoms with Gasteiger partial charge >= 0.3 is 6.03 Å². The fourth-order valence-electron chi connectivity index (χ4n) is 3.32. The van der Waals surface area contributed by atoms with Crippen molar-refractivity contribution < 1.29 is 13.9 Å². The van der Waals surface area contributed by atoms with Gasteiger partial charge < -0.3 is 15.0 Å². The maximum Gasteiger partial charge on any atom is 0.317 e. The number of urea groups is 1. The molecule has 0 saturated carbocycles. The second-order valence-electron chi connectivity index (χ2n) is 6.34. The molecule has 1 heterocycles. The van der Waals surface area contributed by atoms with Gasteiger partial charge in [0, 0.05) is 17.6 Å². The summed E-state index contributed by atoms with van der Waals surface area (Å²) in [5.41, 5.74) is 1.70. The first-order valence-corrected chi connectivity index (χ1v) is 9.50. The minimum Gasteiger partial charge on any atom is -0.497 e. The molecule has 1 fully saturated rings. The standard InChI is InChI=1S/C20H22BrFN2O2/c1-26-17-7-4-14(5-8-17)19-3-2-12-24(19)20(25)23-11-10-15-13-16(21)6-9-18(15)22/h4-9,13,19H,2-3,10-12H2,1H3,(H,23,25). The smallest absolute Gasteiger partial charge is 0.317 e. The minimum atomic E-state index is -0.250. The number of hydrogen-bond acceptors (Lipinski definition) is 2. The van der Waals surface area contributed by atoms with Crippen molar-refractivity contribution in [3.05, 3.63) is 63.9 Å². The number of carbonyl (C=O) groups excluding carboxylic acids is 1. The molecule has 4 nitrogen and oxygen atoms in total. The summed E-state index contributed by atoms with van der Waals surface area (Å²) in [5.74, 6) is 0.554. The summed E-state index contributed by atoms with van der Waals surface area (Å²) < 4.78 is 19.8. The summed E-state index contributed by atoms with van der Waals surface area (Å²) in [7, 11) is 1.64. The van der Waals surface area contributed by atoms with E-state index in [1.807, 2.05) is 29.2 Å². The average molecular weight is 421 g/mol. The van der Waals surface area contributed by atoms with Crippen molar-refractivity contribution in [2.75, 3.05) is 20.2 Å². The molecule has 26 heavy (non-hydrogen) atoms. The number of methoxy groups -OCH3 is 1. The average Bonchev–Trinajstić information content (AvgIpc) is 3.14. The zero-order valence-electron chi connectivity index (χ0n) is 14.7. The van der Waals surface area contributed by atoms with E-state index >= 15 is 0 Å². The normalized spacial score (nSPS) is 16.6. The van der Waals surface area contributed by atoms with Crippen LogP contribution < -0.4 is 10.1 Å². The van der Waals surface area contributed by atoms with Gasteiger partial charge in [0.1, 0.15) is 11.6 Å². The number of nitrogens with one attached hydrogen (secondary N) is 1. The van der Waals surface area contributed by atoms with Crippen LogP contribution in [0.25, 0.3) is 0 Å². The molecular weight excluding hydrogens is 399 g/mol. The molecule has 0 radical (unpaired) electrons. The minimum absolute atomic E-state index is 0.0727. The predicted molar refractivity (Wildman–Crippen MR) is 103 cm³/mol. The number of benzene rings is 2. The molecule has 0 spiro atoms. The molecule has 1 aliphatic heterocycles. The fraction of sp³-hybridized carbons (Fsp3) is 0.350. The predicted octanol–water partition coefficient (Wildman–Crippen LogP) is 4.69. The van der Waals surface area contributed by atoms with E-state index in [4.69, 9.17) is 4.74 Å². The van der Waals surface area contributed by atoms with Crippen LogP contribution in [0.4, 0.5) is 9.18 Å². The van der Waals surface area contributed by atoms with Gasteiger partial charge in [-0.05, 0) is 60.7 Å². The molecule has 6 heteroatoms. The number of carbonyl (C=O) groups is 1. The van der Waals surface area contributed by atoms with E-state index in [9.17, 15) is 9.18 Å². The molecule has 1 N–H and O–H groups in total. The van der Waals surface area contributed by atoms with E-state index < -0.39 is 0 Å². The first kappa shape index (κ1) is 18.7. The molecule has 138 valence electrons. The molecule has 0 aliphatic carbocycles. The first-order chi connectivity index (χ1) is 12.6. The number of hydrogen-bond donors (Lipinski definition) is 1. The van der Waals surface area contributed by atoms with Gasteiger partial charge in [0.25, 0.3) is 0 Å². The van der Waals surface area contributed by atoms with Gasteiger partial charge in [-0.1, -0.05) is 28.1 Å². The summed E-state index contributed by atoms with van der Waals surface area (Å²) >= 11 is 3.34. The third kappa shape index (κ3) is 4.36. The molecule has 1 saturated heterocycles. The van der Waals surface area contributed by atoms with Gasteiger partial charge in [-0.2, -0.15) is 0 Å². The largest absolute Gasteiger partial charge is 0.497 e.